The Hall–Kier alpha value is -0.410. The number of hydrogen-bond donors (Lipinski definition) is 0. The van der Waals surface area contributed by atoms with Gasteiger partial charge < -0.3 is 0 Å². The molecule has 13 heavy (non-hydrogen) atoms. The molecule has 1 heterocycles. The van der Waals surface area contributed by atoms with Crippen LogP contribution in [0.4, 0.5) is 0 Å². The molecule has 1 aromatic rings. The lowest BCUT2D eigenvalue weighted by molar-refractivity contribution is -0.108. The lowest BCUT2D eigenvalue weighted by atomic mass is 10.1. The first-order valence-electron chi connectivity index (χ1n) is 4.14. The van der Waals surface area contributed by atoms with E-state index < -0.39 is 0 Å². The molecule has 0 spiro atoms. The molecule has 3 heteroatoms. The molecule has 68 valence electrons. The summed E-state index contributed by atoms with van der Waals surface area (Å²) >= 11 is 3.19. The van der Waals surface area contributed by atoms with Crippen molar-refractivity contribution in [2.75, 3.05) is 5.75 Å². The monoisotopic (exact) mass is 210 g/mol. The summed E-state index contributed by atoms with van der Waals surface area (Å²) in [6.45, 7) is 2.10. The number of carbonyl (C=O) groups excluding carboxylic acids is 1. The zero-order chi connectivity index (χ0) is 9.26. The average molecular weight is 210 g/mol. The van der Waals surface area contributed by atoms with Crippen molar-refractivity contribution >= 4 is 28.6 Å². The summed E-state index contributed by atoms with van der Waals surface area (Å²) in [6, 6.07) is 8.27. The number of hydrogen-bond acceptors (Lipinski definition) is 3. The lowest BCUT2D eigenvalue weighted by Gasteiger charge is -2.09. The van der Waals surface area contributed by atoms with Gasteiger partial charge >= 0.3 is 0 Å². The van der Waals surface area contributed by atoms with Crippen molar-refractivity contribution in [1.29, 1.82) is 0 Å². The second kappa shape index (κ2) is 3.76. The average Bonchev–Trinajstić information content (AvgIpc) is 2.53. The molecule has 0 radical (unpaired) electrons. The van der Waals surface area contributed by atoms with Gasteiger partial charge in [0.1, 0.15) is 0 Å². The number of benzene rings is 1. The minimum absolute atomic E-state index is 0.304. The molecule has 0 aromatic heterocycles. The molecule has 1 aromatic carbocycles. The molecule has 0 amide bonds. The maximum absolute atomic E-state index is 11.1. The van der Waals surface area contributed by atoms with Gasteiger partial charge in [-0.15, -0.1) is 11.8 Å². The lowest BCUT2D eigenvalue weighted by Crippen LogP contribution is -1.89. The number of thioether (sulfide) groups is 2. The van der Waals surface area contributed by atoms with Crippen molar-refractivity contribution in [3.8, 4) is 0 Å². The van der Waals surface area contributed by atoms with Crippen molar-refractivity contribution in [2.24, 2.45) is 0 Å². The summed E-state index contributed by atoms with van der Waals surface area (Å²) in [5.74, 6) is 0.656. The third-order valence-electron chi connectivity index (χ3n) is 2.03. The van der Waals surface area contributed by atoms with Gasteiger partial charge in [-0.05, 0) is 18.1 Å². The minimum atomic E-state index is 0.304. The Bertz CT molecular complexity index is 335. The maximum atomic E-state index is 11.1. The largest absolute Gasteiger partial charge is 0.286 e. The zero-order valence-corrected chi connectivity index (χ0v) is 8.95. The molecular weight excluding hydrogens is 200 g/mol. The topological polar surface area (TPSA) is 17.1 Å². The highest BCUT2D eigenvalue weighted by atomic mass is 32.2. The van der Waals surface area contributed by atoms with Crippen LogP contribution in [0.15, 0.2) is 24.3 Å². The Morgan fingerprint density at radius 1 is 1.38 bits per heavy atom. The fourth-order valence-corrected chi connectivity index (χ4v) is 3.97. The smallest absolute Gasteiger partial charge is 0.200 e. The van der Waals surface area contributed by atoms with Crippen molar-refractivity contribution in [3.05, 3.63) is 35.4 Å². The number of rotatable bonds is 1. The van der Waals surface area contributed by atoms with Gasteiger partial charge in [0, 0.05) is 0 Å². The molecule has 0 aliphatic carbocycles. The minimum Gasteiger partial charge on any atom is -0.286 e. The van der Waals surface area contributed by atoms with Gasteiger partial charge in [0.05, 0.1) is 10.3 Å². The zero-order valence-electron chi connectivity index (χ0n) is 7.32. The SMILES string of the molecule is Cc1ccccc1C1SCC(=O)S1. The van der Waals surface area contributed by atoms with Crippen LogP contribution in [0.2, 0.25) is 0 Å². The fourth-order valence-electron chi connectivity index (χ4n) is 1.34. The van der Waals surface area contributed by atoms with Gasteiger partial charge in [-0.25, -0.2) is 0 Å². The maximum Gasteiger partial charge on any atom is 0.200 e. The van der Waals surface area contributed by atoms with E-state index in [1.165, 1.54) is 22.9 Å². The van der Waals surface area contributed by atoms with Gasteiger partial charge in [-0.1, -0.05) is 36.0 Å². The number of carbonyl (C=O) groups is 1. The summed E-state index contributed by atoms with van der Waals surface area (Å²) in [5.41, 5.74) is 2.57. The first-order chi connectivity index (χ1) is 6.27. The Morgan fingerprint density at radius 2 is 2.15 bits per heavy atom. The Morgan fingerprint density at radius 3 is 2.77 bits per heavy atom. The highest BCUT2D eigenvalue weighted by Gasteiger charge is 2.25. The first kappa shape index (κ1) is 9.16. The normalized spacial score (nSPS) is 22.2. The van der Waals surface area contributed by atoms with Crippen LogP contribution >= 0.6 is 23.5 Å². The number of aryl methyl sites for hydroxylation is 1. The van der Waals surface area contributed by atoms with Gasteiger partial charge in [0.2, 0.25) is 0 Å². The summed E-state index contributed by atoms with van der Waals surface area (Å²) in [5, 5.41) is 0.304. The van der Waals surface area contributed by atoms with E-state index in [9.17, 15) is 4.79 Å². The molecule has 2 rings (SSSR count). The van der Waals surface area contributed by atoms with Gasteiger partial charge in [-0.2, -0.15) is 0 Å². The molecule has 0 saturated carbocycles. The highest BCUT2D eigenvalue weighted by molar-refractivity contribution is 8.29. The van der Waals surface area contributed by atoms with Crippen LogP contribution in [-0.4, -0.2) is 10.9 Å². The molecule has 1 aliphatic rings. The molecule has 1 fully saturated rings. The quantitative estimate of drug-likeness (QED) is 0.709. The molecular formula is C10H10OS2. The molecule has 0 N–H and O–H groups in total. The second-order valence-electron chi connectivity index (χ2n) is 2.99. The molecule has 1 aliphatic heterocycles. The summed E-state index contributed by atoms with van der Waals surface area (Å²) in [4.78, 5) is 11.1. The molecule has 1 unspecified atom stereocenters. The summed E-state index contributed by atoms with van der Waals surface area (Å²) in [6.07, 6.45) is 0. The summed E-state index contributed by atoms with van der Waals surface area (Å²) < 4.78 is 0.327. The van der Waals surface area contributed by atoms with E-state index in [2.05, 4.69) is 19.1 Å². The molecule has 1 atom stereocenters. The third-order valence-corrected chi connectivity index (χ3v) is 4.77. The summed E-state index contributed by atoms with van der Waals surface area (Å²) in [7, 11) is 0. The Kier molecular flexibility index (Phi) is 2.65. The van der Waals surface area contributed by atoms with Crippen molar-refractivity contribution in [3.63, 3.8) is 0 Å². The first-order valence-corrected chi connectivity index (χ1v) is 6.07. The van der Waals surface area contributed by atoms with E-state index in [4.69, 9.17) is 0 Å². The molecule has 1 nitrogen and oxygen atoms in total. The van der Waals surface area contributed by atoms with E-state index in [1.54, 1.807) is 11.8 Å². The van der Waals surface area contributed by atoms with Crippen LogP contribution < -0.4 is 0 Å². The Balaban J connectivity index is 2.26. The van der Waals surface area contributed by atoms with Gasteiger partial charge in [0.25, 0.3) is 0 Å². The van der Waals surface area contributed by atoms with Crippen molar-refractivity contribution < 1.29 is 4.79 Å². The predicted octanol–water partition coefficient (Wildman–Crippen LogP) is 3.00. The van der Waals surface area contributed by atoms with E-state index in [1.807, 2.05) is 12.1 Å². The predicted molar refractivity (Wildman–Crippen MR) is 59.0 cm³/mol. The van der Waals surface area contributed by atoms with Crippen LogP contribution in [0, 0.1) is 6.92 Å². The fraction of sp³-hybridized carbons (Fsp3) is 0.300. The third kappa shape index (κ3) is 1.92. The van der Waals surface area contributed by atoms with E-state index in [-0.39, 0.29) is 0 Å². The second-order valence-corrected chi connectivity index (χ2v) is 5.54. The van der Waals surface area contributed by atoms with E-state index in [0.29, 0.717) is 15.5 Å². The highest BCUT2D eigenvalue weighted by Crippen LogP contribution is 2.46. The van der Waals surface area contributed by atoms with Gasteiger partial charge in [0.15, 0.2) is 5.12 Å². The van der Waals surface area contributed by atoms with E-state index in [0.717, 1.165) is 0 Å². The van der Waals surface area contributed by atoms with Crippen LogP contribution in [-0.2, 0) is 4.79 Å². The Labute approximate surface area is 86.3 Å². The van der Waals surface area contributed by atoms with Crippen LogP contribution in [0.1, 0.15) is 15.7 Å². The van der Waals surface area contributed by atoms with Crippen molar-refractivity contribution in [1.82, 2.24) is 0 Å². The van der Waals surface area contributed by atoms with Gasteiger partial charge in [-0.3, -0.25) is 4.79 Å². The van der Waals surface area contributed by atoms with Crippen molar-refractivity contribution in [2.45, 2.75) is 11.5 Å². The van der Waals surface area contributed by atoms with Crippen LogP contribution in [0.3, 0.4) is 0 Å². The molecule has 1 saturated heterocycles. The standard InChI is InChI=1S/C10H10OS2/c1-7-4-2-3-5-8(7)10-12-6-9(11)13-10/h2-5,10H,6H2,1H3. The van der Waals surface area contributed by atoms with Crippen LogP contribution in [0.5, 0.6) is 0 Å². The van der Waals surface area contributed by atoms with E-state index >= 15 is 0 Å². The van der Waals surface area contributed by atoms with Crippen LogP contribution in [0.25, 0.3) is 0 Å². The molecule has 0 bridgehead atoms.